The smallest absolute Gasteiger partial charge is 0.323 e. The molecule has 7 heteroatoms. The van der Waals surface area contributed by atoms with E-state index in [4.69, 9.17) is 4.74 Å². The van der Waals surface area contributed by atoms with E-state index < -0.39 is 0 Å². The predicted molar refractivity (Wildman–Crippen MR) is 126 cm³/mol. The minimum absolute atomic E-state index is 0.147. The number of nitrogens with one attached hydrogen (secondary N) is 2. The number of carbonyl (C=O) groups excluding carboxylic acids is 1. The average Bonchev–Trinajstić information content (AvgIpc) is 2.76. The zero-order chi connectivity index (χ0) is 22.7. The lowest BCUT2D eigenvalue weighted by atomic mass is 10.1. The summed E-state index contributed by atoms with van der Waals surface area (Å²) in [7, 11) is 0. The number of benzene rings is 2. The molecule has 0 aliphatic carbocycles. The van der Waals surface area contributed by atoms with Gasteiger partial charge in [-0.15, -0.1) is 0 Å². The highest BCUT2D eigenvalue weighted by Gasteiger charge is 2.07. The maximum Gasteiger partial charge on any atom is 0.323 e. The molecule has 2 heterocycles. The highest BCUT2D eigenvalue weighted by Crippen LogP contribution is 2.18. The number of aryl methyl sites for hydroxylation is 3. The number of pyridine rings is 1. The first-order chi connectivity index (χ1) is 15.4. The molecule has 0 atom stereocenters. The summed E-state index contributed by atoms with van der Waals surface area (Å²) < 4.78 is 7.29. The third-order valence-electron chi connectivity index (χ3n) is 5.20. The second-order valence-corrected chi connectivity index (χ2v) is 7.66. The van der Waals surface area contributed by atoms with Crippen LogP contribution in [0.5, 0.6) is 5.75 Å². The van der Waals surface area contributed by atoms with E-state index in [9.17, 15) is 9.59 Å². The molecule has 32 heavy (non-hydrogen) atoms. The maximum atomic E-state index is 12.3. The molecule has 0 spiro atoms. The maximum absolute atomic E-state index is 12.3. The predicted octanol–water partition coefficient (Wildman–Crippen LogP) is 4.84. The Morgan fingerprint density at radius 2 is 1.62 bits per heavy atom. The Morgan fingerprint density at radius 1 is 0.906 bits per heavy atom. The summed E-state index contributed by atoms with van der Waals surface area (Å²) in [5.41, 5.74) is 5.60. The molecule has 2 aromatic carbocycles. The van der Waals surface area contributed by atoms with E-state index in [1.54, 1.807) is 30.5 Å². The van der Waals surface area contributed by atoms with Gasteiger partial charge in [-0.25, -0.2) is 9.78 Å². The summed E-state index contributed by atoms with van der Waals surface area (Å²) in [6.07, 6.45) is 1.70. The van der Waals surface area contributed by atoms with Crippen LogP contribution in [-0.4, -0.2) is 15.4 Å². The summed E-state index contributed by atoms with van der Waals surface area (Å²) in [5.74, 6) is 0.608. The number of carbonyl (C=O) groups is 1. The second-order valence-electron chi connectivity index (χ2n) is 7.66. The van der Waals surface area contributed by atoms with Gasteiger partial charge in [-0.1, -0.05) is 12.1 Å². The van der Waals surface area contributed by atoms with Crippen molar-refractivity contribution in [3.8, 4) is 5.75 Å². The third kappa shape index (κ3) is 4.78. The number of nitrogens with zero attached hydrogens (tertiary/aromatic N) is 2. The quantitative estimate of drug-likeness (QED) is 0.476. The highest BCUT2D eigenvalue weighted by molar-refractivity contribution is 5.99. The van der Waals surface area contributed by atoms with Gasteiger partial charge in [0.15, 0.2) is 0 Å². The van der Waals surface area contributed by atoms with Crippen LogP contribution in [-0.2, 0) is 6.61 Å². The second kappa shape index (κ2) is 8.93. The summed E-state index contributed by atoms with van der Waals surface area (Å²) in [5, 5.41) is 5.62. The number of amides is 2. The number of hydrogen-bond acceptors (Lipinski definition) is 4. The molecule has 4 aromatic rings. The van der Waals surface area contributed by atoms with Gasteiger partial charge in [0.05, 0.1) is 5.69 Å². The number of anilines is 2. The van der Waals surface area contributed by atoms with Gasteiger partial charge in [0.2, 0.25) is 0 Å². The normalized spacial score (nSPS) is 10.7. The molecule has 4 rings (SSSR count). The number of rotatable bonds is 5. The first-order valence-corrected chi connectivity index (χ1v) is 10.2. The molecule has 0 unspecified atom stereocenters. The molecular weight excluding hydrogens is 404 g/mol. The Hall–Kier alpha value is -4.13. The minimum Gasteiger partial charge on any atom is -0.487 e. The third-order valence-corrected chi connectivity index (χ3v) is 5.20. The van der Waals surface area contributed by atoms with Crippen molar-refractivity contribution in [3.05, 3.63) is 99.6 Å². The lowest BCUT2D eigenvalue weighted by Gasteiger charge is -2.11. The van der Waals surface area contributed by atoms with Crippen LogP contribution in [0.1, 0.15) is 22.4 Å². The van der Waals surface area contributed by atoms with E-state index in [-0.39, 0.29) is 18.2 Å². The number of hydrogen-bond donors (Lipinski definition) is 2. The van der Waals surface area contributed by atoms with Crippen molar-refractivity contribution in [2.24, 2.45) is 0 Å². The Kier molecular flexibility index (Phi) is 5.89. The van der Waals surface area contributed by atoms with Crippen LogP contribution < -0.4 is 20.9 Å². The van der Waals surface area contributed by atoms with Crippen LogP contribution in [0, 0.1) is 20.8 Å². The SMILES string of the molecule is Cc1ccc(NC(=O)Nc2ccc(OCc3cc(=O)n4cccc(C)c4n3)cc2)cc1C. The fourth-order valence-corrected chi connectivity index (χ4v) is 3.29. The fraction of sp³-hybridized carbons (Fsp3) is 0.160. The van der Waals surface area contributed by atoms with Gasteiger partial charge in [0.25, 0.3) is 5.56 Å². The van der Waals surface area contributed by atoms with E-state index in [0.717, 1.165) is 16.8 Å². The fourth-order valence-electron chi connectivity index (χ4n) is 3.29. The van der Waals surface area contributed by atoms with E-state index in [1.165, 1.54) is 16.0 Å². The minimum atomic E-state index is -0.321. The molecule has 162 valence electrons. The Labute approximate surface area is 185 Å². The van der Waals surface area contributed by atoms with Crippen molar-refractivity contribution >= 4 is 23.1 Å². The lowest BCUT2D eigenvalue weighted by molar-refractivity contribution is 0.262. The zero-order valence-electron chi connectivity index (χ0n) is 18.2. The molecular formula is C25H24N4O3. The van der Waals surface area contributed by atoms with Crippen molar-refractivity contribution < 1.29 is 9.53 Å². The summed E-state index contributed by atoms with van der Waals surface area (Å²) in [4.78, 5) is 29.1. The molecule has 0 saturated carbocycles. The van der Waals surface area contributed by atoms with Crippen LogP contribution in [0.25, 0.3) is 5.65 Å². The monoisotopic (exact) mass is 428 g/mol. The van der Waals surface area contributed by atoms with Gasteiger partial charge in [-0.05, 0) is 79.9 Å². The molecule has 7 nitrogen and oxygen atoms in total. The number of fused-ring (bicyclic) bond motifs is 1. The topological polar surface area (TPSA) is 84.7 Å². The Bertz CT molecular complexity index is 1340. The molecule has 0 aliphatic heterocycles. The molecule has 0 bridgehead atoms. The molecule has 0 saturated heterocycles. The van der Waals surface area contributed by atoms with E-state index in [1.807, 2.05) is 51.1 Å². The molecule has 0 radical (unpaired) electrons. The van der Waals surface area contributed by atoms with Gasteiger partial charge in [0.1, 0.15) is 18.0 Å². The van der Waals surface area contributed by atoms with Crippen molar-refractivity contribution in [1.82, 2.24) is 9.38 Å². The van der Waals surface area contributed by atoms with E-state index in [2.05, 4.69) is 15.6 Å². The number of ether oxygens (including phenoxy) is 1. The van der Waals surface area contributed by atoms with E-state index in [0.29, 0.717) is 22.8 Å². The first kappa shape index (κ1) is 21.1. The Balaban J connectivity index is 1.37. The standard InChI is InChI=1S/C25H24N4O3/c1-16-6-7-20(13-18(16)3)28-25(31)27-19-8-10-22(11-9-19)32-15-21-14-23(30)29-12-4-5-17(2)24(29)26-21/h4-14H,15H2,1-3H3,(H2,27,28,31). The lowest BCUT2D eigenvalue weighted by Crippen LogP contribution is -2.19. The first-order valence-electron chi connectivity index (χ1n) is 10.2. The van der Waals surface area contributed by atoms with Crippen molar-refractivity contribution in [2.75, 3.05) is 10.6 Å². The van der Waals surface area contributed by atoms with E-state index >= 15 is 0 Å². The van der Waals surface area contributed by atoms with Crippen LogP contribution in [0.2, 0.25) is 0 Å². The van der Waals surface area contributed by atoms with Gasteiger partial charge in [-0.2, -0.15) is 0 Å². The van der Waals surface area contributed by atoms with Crippen LogP contribution in [0.15, 0.2) is 71.7 Å². The molecule has 2 amide bonds. The number of urea groups is 1. The average molecular weight is 428 g/mol. The summed E-state index contributed by atoms with van der Waals surface area (Å²) >= 11 is 0. The Morgan fingerprint density at radius 3 is 2.38 bits per heavy atom. The number of aromatic nitrogens is 2. The molecule has 0 fully saturated rings. The van der Waals surface area contributed by atoms with Crippen molar-refractivity contribution in [1.29, 1.82) is 0 Å². The van der Waals surface area contributed by atoms with Crippen molar-refractivity contribution in [3.63, 3.8) is 0 Å². The molecule has 2 aromatic heterocycles. The molecule has 0 aliphatic rings. The van der Waals surface area contributed by atoms with Gasteiger partial charge >= 0.3 is 6.03 Å². The summed E-state index contributed by atoms with van der Waals surface area (Å²) in [6.45, 7) is 6.11. The zero-order valence-corrected chi connectivity index (χ0v) is 18.2. The van der Waals surface area contributed by atoms with Crippen molar-refractivity contribution in [2.45, 2.75) is 27.4 Å². The molecule has 2 N–H and O–H groups in total. The van der Waals surface area contributed by atoms with Crippen LogP contribution in [0.4, 0.5) is 16.2 Å². The van der Waals surface area contributed by atoms with Gasteiger partial charge in [-0.3, -0.25) is 9.20 Å². The largest absolute Gasteiger partial charge is 0.487 e. The van der Waals surface area contributed by atoms with Gasteiger partial charge in [0, 0.05) is 23.6 Å². The summed E-state index contributed by atoms with van der Waals surface area (Å²) in [6, 6.07) is 17.7. The van der Waals surface area contributed by atoms with Crippen LogP contribution in [0.3, 0.4) is 0 Å². The van der Waals surface area contributed by atoms with Crippen LogP contribution >= 0.6 is 0 Å². The highest BCUT2D eigenvalue weighted by atomic mass is 16.5. The van der Waals surface area contributed by atoms with Gasteiger partial charge < -0.3 is 15.4 Å².